The highest BCUT2D eigenvalue weighted by Gasteiger charge is 2.21. The molecular weight excluding hydrogens is 270 g/mol. The molecule has 1 aromatic carbocycles. The van der Waals surface area contributed by atoms with Gasteiger partial charge in [-0.05, 0) is 38.1 Å². The van der Waals surface area contributed by atoms with Crippen molar-refractivity contribution in [2.24, 2.45) is 7.05 Å². The maximum absolute atomic E-state index is 12.4. The molecule has 0 amide bonds. The van der Waals surface area contributed by atoms with Crippen molar-refractivity contribution in [1.29, 1.82) is 0 Å². The quantitative estimate of drug-likeness (QED) is 0.824. The SMILES string of the molecule is COc1ccc2c(c1)n(C)c(=O)c(=O)n2C1CCNCC1. The van der Waals surface area contributed by atoms with E-state index in [-0.39, 0.29) is 6.04 Å². The summed E-state index contributed by atoms with van der Waals surface area (Å²) < 4.78 is 8.29. The Kier molecular flexibility index (Phi) is 3.55. The summed E-state index contributed by atoms with van der Waals surface area (Å²) in [5.41, 5.74) is 0.573. The first-order valence-electron chi connectivity index (χ1n) is 7.13. The number of fused-ring (bicyclic) bond motifs is 1. The first-order valence-corrected chi connectivity index (χ1v) is 7.13. The number of methoxy groups -OCH3 is 1. The molecule has 0 radical (unpaired) electrons. The Morgan fingerprint density at radius 1 is 1.14 bits per heavy atom. The van der Waals surface area contributed by atoms with Gasteiger partial charge in [0.25, 0.3) is 0 Å². The van der Waals surface area contributed by atoms with Gasteiger partial charge in [-0.3, -0.25) is 14.2 Å². The molecule has 0 aliphatic carbocycles. The van der Waals surface area contributed by atoms with Gasteiger partial charge >= 0.3 is 11.1 Å². The molecule has 0 atom stereocenters. The first kappa shape index (κ1) is 13.9. The van der Waals surface area contributed by atoms with Crippen LogP contribution in [0.25, 0.3) is 11.0 Å². The fourth-order valence-corrected chi connectivity index (χ4v) is 3.00. The largest absolute Gasteiger partial charge is 0.497 e. The fraction of sp³-hybridized carbons (Fsp3) is 0.467. The predicted octanol–water partition coefficient (Wildman–Crippen LogP) is 0.633. The van der Waals surface area contributed by atoms with Crippen molar-refractivity contribution in [2.75, 3.05) is 20.2 Å². The summed E-state index contributed by atoms with van der Waals surface area (Å²) in [4.78, 5) is 24.7. The van der Waals surface area contributed by atoms with Crippen LogP contribution in [0.1, 0.15) is 18.9 Å². The standard InChI is InChI=1S/C15H19N3O3/c1-17-13-9-11(21-2)3-4-12(13)18(15(20)14(17)19)10-5-7-16-8-6-10/h3-4,9-10,16H,5-8H2,1-2H3. The van der Waals surface area contributed by atoms with Gasteiger partial charge in [0.15, 0.2) is 0 Å². The van der Waals surface area contributed by atoms with E-state index < -0.39 is 11.1 Å². The lowest BCUT2D eigenvalue weighted by atomic mass is 10.1. The number of aryl methyl sites for hydroxylation is 1. The minimum atomic E-state index is -0.491. The number of benzene rings is 1. The van der Waals surface area contributed by atoms with Gasteiger partial charge in [-0.25, -0.2) is 0 Å². The Balaban J connectivity index is 2.32. The Hall–Kier alpha value is -2.08. The van der Waals surface area contributed by atoms with Crippen LogP contribution in [0.4, 0.5) is 0 Å². The lowest BCUT2D eigenvalue weighted by Crippen LogP contribution is -2.44. The van der Waals surface area contributed by atoms with Crippen LogP contribution >= 0.6 is 0 Å². The van der Waals surface area contributed by atoms with E-state index in [9.17, 15) is 9.59 Å². The number of hydrogen-bond donors (Lipinski definition) is 1. The molecule has 1 aromatic heterocycles. The highest BCUT2D eigenvalue weighted by Crippen LogP contribution is 2.24. The summed E-state index contributed by atoms with van der Waals surface area (Å²) in [6, 6.07) is 5.55. The zero-order valence-electron chi connectivity index (χ0n) is 12.3. The monoisotopic (exact) mass is 289 g/mol. The van der Waals surface area contributed by atoms with Gasteiger partial charge in [0.2, 0.25) is 0 Å². The Morgan fingerprint density at radius 3 is 2.52 bits per heavy atom. The van der Waals surface area contributed by atoms with E-state index >= 15 is 0 Å². The van der Waals surface area contributed by atoms with Crippen LogP contribution in [0.5, 0.6) is 5.75 Å². The van der Waals surface area contributed by atoms with E-state index in [0.29, 0.717) is 5.75 Å². The van der Waals surface area contributed by atoms with Crippen LogP contribution in [0.15, 0.2) is 27.8 Å². The second-order valence-corrected chi connectivity index (χ2v) is 5.38. The van der Waals surface area contributed by atoms with Crippen LogP contribution in [0.3, 0.4) is 0 Å². The normalized spacial score (nSPS) is 16.3. The second kappa shape index (κ2) is 5.37. The molecule has 0 spiro atoms. The van der Waals surface area contributed by atoms with Crippen molar-refractivity contribution >= 4 is 11.0 Å². The van der Waals surface area contributed by atoms with Crippen molar-refractivity contribution < 1.29 is 4.74 Å². The third-order valence-electron chi connectivity index (χ3n) is 4.18. The van der Waals surface area contributed by atoms with Gasteiger partial charge in [-0.15, -0.1) is 0 Å². The third-order valence-corrected chi connectivity index (χ3v) is 4.18. The highest BCUT2D eigenvalue weighted by molar-refractivity contribution is 5.77. The average Bonchev–Trinajstić information content (AvgIpc) is 2.54. The van der Waals surface area contributed by atoms with Crippen molar-refractivity contribution in [2.45, 2.75) is 18.9 Å². The van der Waals surface area contributed by atoms with E-state index in [4.69, 9.17) is 4.74 Å². The lowest BCUT2D eigenvalue weighted by molar-refractivity contribution is 0.366. The molecule has 0 saturated carbocycles. The molecule has 6 heteroatoms. The number of aromatic nitrogens is 2. The molecule has 2 aromatic rings. The van der Waals surface area contributed by atoms with Crippen molar-refractivity contribution in [3.05, 3.63) is 38.9 Å². The maximum atomic E-state index is 12.4. The summed E-state index contributed by atoms with van der Waals surface area (Å²) in [6.07, 6.45) is 1.71. The van der Waals surface area contributed by atoms with Gasteiger partial charge in [-0.1, -0.05) is 0 Å². The van der Waals surface area contributed by atoms with E-state index in [2.05, 4.69) is 5.32 Å². The fourth-order valence-electron chi connectivity index (χ4n) is 3.00. The predicted molar refractivity (Wildman–Crippen MR) is 81.1 cm³/mol. The van der Waals surface area contributed by atoms with Crippen molar-refractivity contribution in [1.82, 2.24) is 14.5 Å². The minimum absolute atomic E-state index is 0.0727. The molecule has 0 bridgehead atoms. The van der Waals surface area contributed by atoms with E-state index in [0.717, 1.165) is 37.0 Å². The Labute approximate surface area is 122 Å². The number of ether oxygens (including phenoxy) is 1. The Morgan fingerprint density at radius 2 is 1.86 bits per heavy atom. The van der Waals surface area contributed by atoms with Crippen LogP contribution in [0.2, 0.25) is 0 Å². The summed E-state index contributed by atoms with van der Waals surface area (Å²) in [7, 11) is 3.21. The van der Waals surface area contributed by atoms with Gasteiger partial charge in [0.05, 0.1) is 18.1 Å². The van der Waals surface area contributed by atoms with E-state index in [1.165, 1.54) is 4.57 Å². The molecule has 112 valence electrons. The van der Waals surface area contributed by atoms with Crippen LogP contribution in [0, 0.1) is 0 Å². The van der Waals surface area contributed by atoms with Crippen LogP contribution < -0.4 is 21.2 Å². The molecule has 3 rings (SSSR count). The molecule has 21 heavy (non-hydrogen) atoms. The molecule has 1 aliphatic heterocycles. The van der Waals surface area contributed by atoms with Gasteiger partial charge in [0.1, 0.15) is 5.75 Å². The third kappa shape index (κ3) is 2.25. The van der Waals surface area contributed by atoms with Gasteiger partial charge in [-0.2, -0.15) is 0 Å². The minimum Gasteiger partial charge on any atom is -0.497 e. The Bertz CT molecular complexity index is 785. The molecular formula is C15H19N3O3. The smallest absolute Gasteiger partial charge is 0.317 e. The number of piperidine rings is 1. The molecule has 1 aliphatic rings. The zero-order valence-corrected chi connectivity index (χ0v) is 12.3. The van der Waals surface area contributed by atoms with Crippen molar-refractivity contribution in [3.63, 3.8) is 0 Å². The topological polar surface area (TPSA) is 65.3 Å². The maximum Gasteiger partial charge on any atom is 0.317 e. The van der Waals surface area contributed by atoms with Crippen molar-refractivity contribution in [3.8, 4) is 5.75 Å². The number of rotatable bonds is 2. The molecule has 2 heterocycles. The number of nitrogens with zero attached hydrogens (tertiary/aromatic N) is 2. The van der Waals surface area contributed by atoms with Gasteiger partial charge in [0, 0.05) is 19.2 Å². The first-order chi connectivity index (χ1) is 10.1. The average molecular weight is 289 g/mol. The van der Waals surface area contributed by atoms with E-state index in [1.807, 2.05) is 12.1 Å². The number of nitrogens with one attached hydrogen (secondary N) is 1. The summed E-state index contributed by atoms with van der Waals surface area (Å²) in [5, 5.41) is 3.28. The molecule has 0 unspecified atom stereocenters. The molecule has 6 nitrogen and oxygen atoms in total. The summed E-state index contributed by atoms with van der Waals surface area (Å²) in [5.74, 6) is 0.674. The number of hydrogen-bond acceptors (Lipinski definition) is 4. The van der Waals surface area contributed by atoms with E-state index in [1.54, 1.807) is 24.8 Å². The molecule has 1 fully saturated rings. The van der Waals surface area contributed by atoms with Gasteiger partial charge < -0.3 is 14.6 Å². The summed E-state index contributed by atoms with van der Waals surface area (Å²) >= 11 is 0. The zero-order chi connectivity index (χ0) is 15.0. The molecule has 1 saturated heterocycles. The lowest BCUT2D eigenvalue weighted by Gasteiger charge is -2.26. The highest BCUT2D eigenvalue weighted by atomic mass is 16.5. The van der Waals surface area contributed by atoms with Crippen LogP contribution in [-0.4, -0.2) is 29.3 Å². The van der Waals surface area contributed by atoms with Crippen LogP contribution in [-0.2, 0) is 7.05 Å². The second-order valence-electron chi connectivity index (χ2n) is 5.38. The summed E-state index contributed by atoms with van der Waals surface area (Å²) in [6.45, 7) is 1.73. The molecule has 1 N–H and O–H groups in total.